The van der Waals surface area contributed by atoms with Gasteiger partial charge in [0.05, 0.1) is 6.54 Å². The van der Waals surface area contributed by atoms with Gasteiger partial charge in [0.15, 0.2) is 11.7 Å². The van der Waals surface area contributed by atoms with Crippen molar-refractivity contribution in [2.24, 2.45) is 11.7 Å². The minimum atomic E-state index is -0.455. The number of carbonyl (C=O) groups is 1. The number of hydrogen-bond donors (Lipinski definition) is 4. The molecule has 5 N–H and O–H groups in total. The number of Topliss-reactive ketones (excluding diaryl/α,β-unsaturated/α-hetero) is 1. The maximum absolute atomic E-state index is 11.9. The Labute approximate surface area is 103 Å². The molecule has 96 valence electrons. The van der Waals surface area contributed by atoms with Gasteiger partial charge in [-0.15, -0.1) is 0 Å². The maximum Gasteiger partial charge on any atom is 0.186 e. The molecule has 0 spiro atoms. The summed E-state index contributed by atoms with van der Waals surface area (Å²) < 4.78 is 0. The number of hydrogen-bond acceptors (Lipinski definition) is 3. The molecule has 5 heteroatoms. The van der Waals surface area contributed by atoms with Crippen molar-refractivity contribution < 1.29 is 4.79 Å². The molecule has 1 unspecified atom stereocenters. The first-order chi connectivity index (χ1) is 7.84. The largest absolute Gasteiger partial charge is 0.370 e. The molecule has 0 aliphatic rings. The van der Waals surface area contributed by atoms with Crippen LogP contribution in [0.25, 0.3) is 0 Å². The lowest BCUT2D eigenvalue weighted by Crippen LogP contribution is -2.42. The van der Waals surface area contributed by atoms with E-state index in [0.717, 1.165) is 0 Å². The predicted molar refractivity (Wildman–Crippen MR) is 69.6 cm³/mol. The summed E-state index contributed by atoms with van der Waals surface area (Å²) in [5, 5.41) is 12.6. The highest BCUT2D eigenvalue weighted by Crippen LogP contribution is 2.00. The van der Waals surface area contributed by atoms with E-state index >= 15 is 0 Å². The summed E-state index contributed by atoms with van der Waals surface area (Å²) in [5.41, 5.74) is 5.12. The zero-order valence-electron chi connectivity index (χ0n) is 10.9. The van der Waals surface area contributed by atoms with Gasteiger partial charge in [-0.1, -0.05) is 25.7 Å². The number of nitrogens with two attached hydrogens (primary N) is 1. The third-order valence-corrected chi connectivity index (χ3v) is 1.97. The molecule has 0 radical (unpaired) electrons. The van der Waals surface area contributed by atoms with Crippen LogP contribution in [0.2, 0.25) is 0 Å². The second-order valence-corrected chi connectivity index (χ2v) is 4.40. The lowest BCUT2D eigenvalue weighted by molar-refractivity contribution is -0.122. The SMILES string of the molecule is CC(C)NC(C#CCNC(=N)N)C(=O)C(C)C. The number of guanidine groups is 1. The Hall–Kier alpha value is -1.54. The molecular weight excluding hydrogens is 216 g/mol. The highest BCUT2D eigenvalue weighted by molar-refractivity contribution is 5.88. The Kier molecular flexibility index (Phi) is 6.99. The van der Waals surface area contributed by atoms with E-state index in [1.165, 1.54) is 0 Å². The lowest BCUT2D eigenvalue weighted by Gasteiger charge is -2.16. The van der Waals surface area contributed by atoms with E-state index in [0.29, 0.717) is 0 Å². The van der Waals surface area contributed by atoms with Gasteiger partial charge in [0.1, 0.15) is 6.04 Å². The maximum atomic E-state index is 11.9. The van der Waals surface area contributed by atoms with Crippen LogP contribution in [0.3, 0.4) is 0 Å². The molecule has 0 fully saturated rings. The van der Waals surface area contributed by atoms with E-state index in [9.17, 15) is 4.79 Å². The van der Waals surface area contributed by atoms with Gasteiger partial charge in [-0.05, 0) is 13.8 Å². The molecule has 0 aromatic heterocycles. The molecule has 5 nitrogen and oxygen atoms in total. The van der Waals surface area contributed by atoms with Crippen LogP contribution in [0.4, 0.5) is 0 Å². The molecule has 0 saturated heterocycles. The molecule has 0 rings (SSSR count). The molecule has 17 heavy (non-hydrogen) atoms. The molecule has 0 amide bonds. The van der Waals surface area contributed by atoms with E-state index in [2.05, 4.69) is 22.5 Å². The quantitative estimate of drug-likeness (QED) is 0.310. The first-order valence-electron chi connectivity index (χ1n) is 5.70. The molecule has 0 aliphatic carbocycles. The number of ketones is 1. The summed E-state index contributed by atoms with van der Waals surface area (Å²) in [4.78, 5) is 11.9. The van der Waals surface area contributed by atoms with Crippen LogP contribution in [-0.2, 0) is 4.79 Å². The summed E-state index contributed by atoms with van der Waals surface area (Å²) in [6, 6.07) is -0.262. The fraction of sp³-hybridized carbons (Fsp3) is 0.667. The van der Waals surface area contributed by atoms with Crippen LogP contribution < -0.4 is 16.4 Å². The fourth-order valence-corrected chi connectivity index (χ4v) is 1.15. The summed E-state index contributed by atoms with van der Waals surface area (Å²) in [5.74, 6) is 5.56. The zero-order chi connectivity index (χ0) is 13.4. The third kappa shape index (κ3) is 7.36. The summed E-state index contributed by atoms with van der Waals surface area (Å²) in [6.45, 7) is 7.92. The first kappa shape index (κ1) is 15.5. The van der Waals surface area contributed by atoms with Gasteiger partial charge < -0.3 is 11.1 Å². The van der Waals surface area contributed by atoms with Crippen LogP contribution in [0, 0.1) is 23.2 Å². The van der Waals surface area contributed by atoms with Gasteiger partial charge >= 0.3 is 0 Å². The van der Waals surface area contributed by atoms with Crippen LogP contribution in [0.1, 0.15) is 27.7 Å². The number of carbonyl (C=O) groups excluding carboxylic acids is 1. The normalized spacial score (nSPS) is 11.9. The smallest absolute Gasteiger partial charge is 0.186 e. The van der Waals surface area contributed by atoms with Crippen LogP contribution in [0.15, 0.2) is 0 Å². The number of nitrogens with one attached hydrogen (secondary N) is 3. The lowest BCUT2D eigenvalue weighted by atomic mass is 10.0. The molecule has 0 saturated carbocycles. The summed E-state index contributed by atoms with van der Waals surface area (Å²) >= 11 is 0. The van der Waals surface area contributed by atoms with Gasteiger partial charge in [-0.3, -0.25) is 15.5 Å². The van der Waals surface area contributed by atoms with Crippen LogP contribution in [0.5, 0.6) is 0 Å². The predicted octanol–water partition coefficient (Wildman–Crippen LogP) is 0.0646. The van der Waals surface area contributed by atoms with E-state index in [1.807, 2.05) is 27.7 Å². The summed E-state index contributed by atoms with van der Waals surface area (Å²) in [7, 11) is 0. The van der Waals surface area contributed by atoms with E-state index in [4.69, 9.17) is 11.1 Å². The number of rotatable bonds is 5. The Morgan fingerprint density at radius 3 is 2.35 bits per heavy atom. The van der Waals surface area contributed by atoms with E-state index in [-0.39, 0.29) is 30.2 Å². The molecule has 0 heterocycles. The van der Waals surface area contributed by atoms with Gasteiger partial charge in [0.2, 0.25) is 0 Å². The van der Waals surface area contributed by atoms with Gasteiger partial charge in [0.25, 0.3) is 0 Å². The van der Waals surface area contributed by atoms with Crippen molar-refractivity contribution in [2.75, 3.05) is 6.54 Å². The molecule has 0 aliphatic heterocycles. The fourth-order valence-electron chi connectivity index (χ4n) is 1.15. The average molecular weight is 238 g/mol. The zero-order valence-corrected chi connectivity index (χ0v) is 10.9. The van der Waals surface area contributed by atoms with Crippen molar-refractivity contribution in [3.63, 3.8) is 0 Å². The van der Waals surface area contributed by atoms with Gasteiger partial charge in [0, 0.05) is 12.0 Å². The topological polar surface area (TPSA) is 91.0 Å². The highest BCUT2D eigenvalue weighted by atomic mass is 16.1. The van der Waals surface area contributed by atoms with Crippen molar-refractivity contribution >= 4 is 11.7 Å². The Bertz CT molecular complexity index is 325. The van der Waals surface area contributed by atoms with Crippen molar-refractivity contribution in [3.05, 3.63) is 0 Å². The first-order valence-corrected chi connectivity index (χ1v) is 5.70. The molecule has 0 bridgehead atoms. The minimum absolute atomic E-state index is 0.0543. The van der Waals surface area contributed by atoms with Crippen molar-refractivity contribution in [1.82, 2.24) is 10.6 Å². The van der Waals surface area contributed by atoms with Crippen molar-refractivity contribution in [2.45, 2.75) is 39.8 Å². The standard InChI is InChI=1S/C12H22N4O/c1-8(2)11(17)10(16-9(3)4)6-5-7-15-12(13)14/h8-10,16H,7H2,1-4H3,(H4,13,14,15). The minimum Gasteiger partial charge on any atom is -0.370 e. The van der Waals surface area contributed by atoms with Gasteiger partial charge in [-0.25, -0.2) is 0 Å². The molecular formula is C12H22N4O. The third-order valence-electron chi connectivity index (χ3n) is 1.97. The Morgan fingerprint density at radius 2 is 1.94 bits per heavy atom. The van der Waals surface area contributed by atoms with Crippen LogP contribution in [-0.4, -0.2) is 30.4 Å². The van der Waals surface area contributed by atoms with E-state index in [1.54, 1.807) is 0 Å². The van der Waals surface area contributed by atoms with Gasteiger partial charge in [-0.2, -0.15) is 0 Å². The van der Waals surface area contributed by atoms with Crippen molar-refractivity contribution in [1.29, 1.82) is 5.41 Å². The Morgan fingerprint density at radius 1 is 1.35 bits per heavy atom. The molecule has 0 aromatic carbocycles. The molecule has 1 atom stereocenters. The van der Waals surface area contributed by atoms with E-state index < -0.39 is 6.04 Å². The second kappa shape index (κ2) is 7.69. The summed E-state index contributed by atoms with van der Waals surface area (Å²) in [6.07, 6.45) is 0. The Balaban J connectivity index is 4.48. The monoisotopic (exact) mass is 238 g/mol. The van der Waals surface area contributed by atoms with Crippen LogP contribution >= 0.6 is 0 Å². The molecule has 0 aromatic rings. The average Bonchev–Trinajstić information content (AvgIpc) is 2.20. The highest BCUT2D eigenvalue weighted by Gasteiger charge is 2.19. The van der Waals surface area contributed by atoms with Crippen molar-refractivity contribution in [3.8, 4) is 11.8 Å². The second-order valence-electron chi connectivity index (χ2n) is 4.40.